The fourth-order valence-corrected chi connectivity index (χ4v) is 0. The average molecular weight is 88.1 g/mol. The molecule has 0 heterocycles. The third-order valence-corrected chi connectivity index (χ3v) is 0. The Morgan fingerprint density at radius 3 is 1.25 bits per heavy atom. The Hall–Kier alpha value is 0.640. The van der Waals surface area contributed by atoms with Crippen molar-refractivity contribution in [2.45, 2.75) is 0 Å². The normalized spacial score (nSPS) is 0.500. The molecule has 0 aromatic rings. The average Bonchev–Trinajstić information content (AvgIpc) is 1.00. The van der Waals surface area contributed by atoms with Crippen LogP contribution < -0.4 is 0 Å². The minimum absolute atomic E-state index is 0. The maximum Gasteiger partial charge on any atom is 2.00 e. The largest absolute Gasteiger partial charge is 2.00 e. The minimum atomic E-state index is 0. The van der Waals surface area contributed by atoms with Gasteiger partial charge >= 0.3 is 37.7 Å². The molecule has 3 nitrogen and oxygen atoms in total. The van der Waals surface area contributed by atoms with Crippen molar-refractivity contribution in [2.75, 3.05) is 0 Å². The molecule has 0 aromatic heterocycles. The Morgan fingerprint density at radius 1 is 1.25 bits per heavy atom. The van der Waals surface area contributed by atoms with Gasteiger partial charge in [0.2, 0.25) is 0 Å². The first kappa shape index (κ1) is 22.9. The quantitative estimate of drug-likeness (QED) is 0.282. The van der Waals surface area contributed by atoms with E-state index in [0.717, 1.165) is 0 Å². The van der Waals surface area contributed by atoms with Gasteiger partial charge < -0.3 is 8.33 Å². The fraction of sp³-hybridized carbons (Fsp3) is 0. The number of hydrogen-bond acceptors (Lipinski definition) is 2. The number of hydrogen-bond donors (Lipinski definition) is 0. The topological polar surface area (TPSA) is 79.1 Å². The van der Waals surface area contributed by atoms with Gasteiger partial charge in [-0.3, -0.25) is 0 Å². The Balaban J connectivity index is -0.000000000833. The van der Waals surface area contributed by atoms with E-state index in [4.69, 9.17) is 10.8 Å². The van der Waals surface area contributed by atoms with Crippen LogP contribution >= 0.6 is 0 Å². The van der Waals surface area contributed by atoms with Gasteiger partial charge in [-0.2, -0.15) is 0 Å². The molecule has 0 unspecified atom stereocenters. The SMILES string of the molecule is N#N.O.[Ca+2].[H-].[H-]. The second-order valence-electron chi connectivity index (χ2n) is 0. The zero-order chi connectivity index (χ0) is 2.00. The summed E-state index contributed by atoms with van der Waals surface area (Å²) < 4.78 is 0. The first-order valence-corrected chi connectivity index (χ1v) is 0.200. The molecule has 22 valence electrons. The van der Waals surface area contributed by atoms with Crippen LogP contribution in [-0.4, -0.2) is 43.2 Å². The summed E-state index contributed by atoms with van der Waals surface area (Å²) in [6.07, 6.45) is 0. The predicted octanol–water partition coefficient (Wildman–Crippen LogP) is -0.950. The van der Waals surface area contributed by atoms with Gasteiger partial charge in [0.25, 0.3) is 0 Å². The first-order chi connectivity index (χ1) is 1.00. The fourth-order valence-electron chi connectivity index (χ4n) is 0. The smallest absolute Gasteiger partial charge is 1.00 e. The van der Waals surface area contributed by atoms with Crippen molar-refractivity contribution in [2.24, 2.45) is 0 Å². The van der Waals surface area contributed by atoms with Crippen molar-refractivity contribution in [3.05, 3.63) is 0 Å². The van der Waals surface area contributed by atoms with E-state index >= 15 is 0 Å². The molecule has 0 saturated heterocycles. The molecule has 0 bridgehead atoms. The first-order valence-electron chi connectivity index (χ1n) is 0.200. The third-order valence-electron chi connectivity index (χ3n) is 0. The zero-order valence-electron chi connectivity index (χ0n) is 4.10. The Morgan fingerprint density at radius 2 is 1.25 bits per heavy atom. The number of rotatable bonds is 0. The van der Waals surface area contributed by atoms with Crippen LogP contribution in [0.15, 0.2) is 0 Å². The molecule has 0 aliphatic carbocycles. The molecule has 0 aromatic carbocycles. The molecular weight excluding hydrogens is 84.1 g/mol. The van der Waals surface area contributed by atoms with E-state index in [2.05, 4.69) is 0 Å². The number of nitrogens with zero attached hydrogens (tertiary/aromatic N) is 2. The molecule has 0 rings (SSSR count). The Labute approximate surface area is 56.7 Å². The molecule has 0 aliphatic heterocycles. The molecule has 0 radical (unpaired) electrons. The minimum Gasteiger partial charge on any atom is -1.00 e. The van der Waals surface area contributed by atoms with Crippen LogP contribution in [0.5, 0.6) is 0 Å². The molecule has 0 atom stereocenters. The molecule has 0 saturated carbocycles. The molecular formula is H4CaN2O. The standard InChI is InChI=1S/Ca.N2.H2O.2H/c;1-2;;;/h;;1H2;;/q+2;;;2*-1. The second kappa shape index (κ2) is 62.0. The third kappa shape index (κ3) is 17.3. The van der Waals surface area contributed by atoms with Crippen LogP contribution in [0.25, 0.3) is 0 Å². The second-order valence-corrected chi connectivity index (χ2v) is 0. The van der Waals surface area contributed by atoms with Crippen LogP contribution in [0.1, 0.15) is 2.85 Å². The molecule has 0 fully saturated rings. The summed E-state index contributed by atoms with van der Waals surface area (Å²) in [5, 5.41) is 12.0. The van der Waals surface area contributed by atoms with Crippen molar-refractivity contribution in [1.29, 1.82) is 10.8 Å². The molecule has 2 N–H and O–H groups in total. The van der Waals surface area contributed by atoms with Gasteiger partial charge in [-0.15, -0.1) is 0 Å². The molecule has 0 spiro atoms. The van der Waals surface area contributed by atoms with E-state index in [0.29, 0.717) is 0 Å². The molecule has 0 amide bonds. The van der Waals surface area contributed by atoms with Crippen molar-refractivity contribution >= 4 is 37.7 Å². The van der Waals surface area contributed by atoms with Crippen molar-refractivity contribution in [3.63, 3.8) is 0 Å². The maximum atomic E-state index is 6.00. The maximum absolute atomic E-state index is 6.00. The summed E-state index contributed by atoms with van der Waals surface area (Å²) >= 11 is 0. The van der Waals surface area contributed by atoms with Crippen molar-refractivity contribution in [3.8, 4) is 0 Å². The molecule has 0 aliphatic rings. The van der Waals surface area contributed by atoms with Gasteiger partial charge in [0, 0.05) is 10.8 Å². The molecule has 4 heavy (non-hydrogen) atoms. The van der Waals surface area contributed by atoms with E-state index < -0.39 is 0 Å². The van der Waals surface area contributed by atoms with Crippen LogP contribution in [-0.2, 0) is 0 Å². The van der Waals surface area contributed by atoms with Crippen molar-refractivity contribution < 1.29 is 8.33 Å². The van der Waals surface area contributed by atoms with Gasteiger partial charge in [0.1, 0.15) is 0 Å². The van der Waals surface area contributed by atoms with Crippen LogP contribution in [0.4, 0.5) is 0 Å². The summed E-state index contributed by atoms with van der Waals surface area (Å²) in [6, 6.07) is 0. The van der Waals surface area contributed by atoms with Crippen LogP contribution in [0, 0.1) is 10.8 Å². The van der Waals surface area contributed by atoms with E-state index in [1.807, 2.05) is 0 Å². The predicted molar refractivity (Wildman–Crippen MR) is 15.0 cm³/mol. The zero-order valence-corrected chi connectivity index (χ0v) is 4.31. The van der Waals surface area contributed by atoms with Gasteiger partial charge in [0.05, 0.1) is 0 Å². The van der Waals surface area contributed by atoms with E-state index in [1.165, 1.54) is 0 Å². The van der Waals surface area contributed by atoms with Gasteiger partial charge in [0.15, 0.2) is 0 Å². The summed E-state index contributed by atoms with van der Waals surface area (Å²) in [6.45, 7) is 0. The van der Waals surface area contributed by atoms with Crippen LogP contribution in [0.3, 0.4) is 0 Å². The Bertz CT molecular complexity index is 16.3. The Kier molecular flexibility index (Phi) is 354. The van der Waals surface area contributed by atoms with Gasteiger partial charge in [-0.1, -0.05) is 0 Å². The summed E-state index contributed by atoms with van der Waals surface area (Å²) in [4.78, 5) is 0. The van der Waals surface area contributed by atoms with Crippen LogP contribution in [0.2, 0.25) is 0 Å². The molecule has 4 heteroatoms. The van der Waals surface area contributed by atoms with Crippen molar-refractivity contribution in [1.82, 2.24) is 0 Å². The van der Waals surface area contributed by atoms with E-state index in [-0.39, 0.29) is 46.1 Å². The monoisotopic (exact) mass is 88.0 g/mol. The van der Waals surface area contributed by atoms with E-state index in [1.54, 1.807) is 0 Å². The summed E-state index contributed by atoms with van der Waals surface area (Å²) in [5.74, 6) is 0. The van der Waals surface area contributed by atoms with Gasteiger partial charge in [-0.25, -0.2) is 0 Å². The summed E-state index contributed by atoms with van der Waals surface area (Å²) in [5.41, 5.74) is 0. The van der Waals surface area contributed by atoms with E-state index in [9.17, 15) is 0 Å². The van der Waals surface area contributed by atoms with Gasteiger partial charge in [-0.05, 0) is 0 Å². The summed E-state index contributed by atoms with van der Waals surface area (Å²) in [7, 11) is 0.